The average Bonchev–Trinajstić information content (AvgIpc) is 2.86. The zero-order valence-electron chi connectivity index (χ0n) is 11.7. The van der Waals surface area contributed by atoms with Crippen LogP contribution in [0, 0.1) is 0 Å². The molecule has 4 rings (SSSR count). The van der Waals surface area contributed by atoms with Crippen molar-refractivity contribution < 1.29 is 10.6 Å². The normalized spacial score (nSPS) is 16.2. The summed E-state index contributed by atoms with van der Waals surface area (Å²) in [5, 5.41) is 14.5. The third-order valence-electron chi connectivity index (χ3n) is 3.82. The van der Waals surface area contributed by atoms with E-state index in [4.69, 9.17) is 11.6 Å². The highest BCUT2D eigenvalue weighted by molar-refractivity contribution is 6.30. The number of allylic oxidation sites excluding steroid dienone is 1. The molecule has 1 radical (unpaired) electrons. The van der Waals surface area contributed by atoms with E-state index in [1.807, 2.05) is 35.3 Å². The molecule has 2 aliphatic heterocycles. The van der Waals surface area contributed by atoms with Crippen LogP contribution in [-0.4, -0.2) is 10.6 Å². The number of anilines is 2. The molecule has 113 valence electrons. The number of aliphatic hydroxyl groups excluding tert-OH is 1. The molecule has 0 aliphatic carbocycles. The lowest BCUT2D eigenvalue weighted by molar-refractivity contribution is 0.385. The smallest absolute Gasteiger partial charge is 0.231 e. The van der Waals surface area contributed by atoms with Crippen LogP contribution in [0.4, 0.5) is 11.4 Å². The molecule has 0 atom stereocenters. The maximum absolute atomic E-state index is 10.5. The maximum atomic E-state index is 10.5. The van der Waals surface area contributed by atoms with Gasteiger partial charge in [-0.3, -0.25) is 0 Å². The third-order valence-corrected chi connectivity index (χ3v) is 4.07. The first-order valence-corrected chi connectivity index (χ1v) is 7.19. The Morgan fingerprint density at radius 3 is 2.45 bits per heavy atom. The van der Waals surface area contributed by atoms with Crippen LogP contribution in [0.3, 0.4) is 0 Å². The number of nitrogens with zero attached hydrogens (tertiary/aromatic N) is 3. The van der Waals surface area contributed by atoms with Gasteiger partial charge in [0.25, 0.3) is 0 Å². The Morgan fingerprint density at radius 1 is 0.955 bits per heavy atom. The highest BCUT2D eigenvalue weighted by atomic mass is 35.5. The maximum Gasteiger partial charge on any atom is 0.231 e. The van der Waals surface area contributed by atoms with Crippen molar-refractivity contribution in [2.24, 2.45) is 0 Å². The Morgan fingerprint density at radius 2 is 1.68 bits per heavy atom. The second-order valence-corrected chi connectivity index (χ2v) is 5.52. The molecule has 0 amide bonds. The SMILES string of the molecule is O.OC1=C2CCc3ccccc3N2[N]N1c1ccc(Cl)cc1. The van der Waals surface area contributed by atoms with Crippen LogP contribution < -0.4 is 15.6 Å². The predicted octanol–water partition coefficient (Wildman–Crippen LogP) is 2.95. The zero-order chi connectivity index (χ0) is 14.4. The number of fused-ring (bicyclic) bond motifs is 3. The average molecular weight is 317 g/mol. The minimum absolute atomic E-state index is 0. The Labute approximate surface area is 133 Å². The highest BCUT2D eigenvalue weighted by Crippen LogP contribution is 2.38. The molecule has 0 fully saturated rings. The molecule has 0 bridgehead atoms. The third kappa shape index (κ3) is 2.20. The van der Waals surface area contributed by atoms with E-state index in [0.29, 0.717) is 5.02 Å². The van der Waals surface area contributed by atoms with Crippen molar-refractivity contribution in [1.29, 1.82) is 0 Å². The lowest BCUT2D eigenvalue weighted by Gasteiger charge is -2.27. The fourth-order valence-corrected chi connectivity index (χ4v) is 2.88. The number of benzene rings is 2. The molecule has 2 heterocycles. The first-order chi connectivity index (χ1) is 10.2. The lowest BCUT2D eigenvalue weighted by Crippen LogP contribution is -2.36. The van der Waals surface area contributed by atoms with Crippen LogP contribution >= 0.6 is 11.6 Å². The first-order valence-electron chi connectivity index (χ1n) is 6.81. The van der Waals surface area contributed by atoms with Crippen molar-refractivity contribution in [1.82, 2.24) is 5.53 Å². The first kappa shape index (κ1) is 14.7. The molecule has 3 N–H and O–H groups in total. The summed E-state index contributed by atoms with van der Waals surface area (Å²) in [6.07, 6.45) is 1.69. The van der Waals surface area contributed by atoms with Gasteiger partial charge in [0.05, 0.1) is 11.4 Å². The van der Waals surface area contributed by atoms with Crippen LogP contribution in [0.1, 0.15) is 12.0 Å². The van der Waals surface area contributed by atoms with Crippen molar-refractivity contribution in [3.05, 3.63) is 70.7 Å². The fraction of sp³-hybridized carbons (Fsp3) is 0.125. The Bertz CT molecular complexity index is 730. The summed E-state index contributed by atoms with van der Waals surface area (Å²) in [7, 11) is 0. The fourth-order valence-electron chi connectivity index (χ4n) is 2.75. The van der Waals surface area contributed by atoms with Gasteiger partial charge in [-0.05, 0) is 54.3 Å². The summed E-state index contributed by atoms with van der Waals surface area (Å²) >= 11 is 5.91. The van der Waals surface area contributed by atoms with E-state index in [9.17, 15) is 5.11 Å². The van der Waals surface area contributed by atoms with Crippen molar-refractivity contribution in [3.8, 4) is 0 Å². The van der Waals surface area contributed by atoms with E-state index >= 15 is 0 Å². The van der Waals surface area contributed by atoms with Crippen molar-refractivity contribution in [2.45, 2.75) is 12.8 Å². The van der Waals surface area contributed by atoms with Gasteiger partial charge >= 0.3 is 0 Å². The molecule has 5 nitrogen and oxygen atoms in total. The van der Waals surface area contributed by atoms with Crippen LogP contribution in [0.25, 0.3) is 0 Å². The number of rotatable bonds is 1. The molecule has 0 saturated carbocycles. The molecule has 2 aromatic rings. The van der Waals surface area contributed by atoms with Gasteiger partial charge in [0.1, 0.15) is 5.70 Å². The molecule has 2 aliphatic rings. The van der Waals surface area contributed by atoms with Crippen LogP contribution in [-0.2, 0) is 6.42 Å². The van der Waals surface area contributed by atoms with Crippen molar-refractivity contribution >= 4 is 23.0 Å². The number of hydrogen-bond donors (Lipinski definition) is 1. The van der Waals surface area contributed by atoms with Gasteiger partial charge < -0.3 is 10.6 Å². The molecule has 22 heavy (non-hydrogen) atoms. The quantitative estimate of drug-likeness (QED) is 0.879. The largest absolute Gasteiger partial charge is 0.492 e. The van der Waals surface area contributed by atoms with Gasteiger partial charge in [-0.15, -0.1) is 0 Å². The summed E-state index contributed by atoms with van der Waals surface area (Å²) in [5.74, 6) is 0.187. The van der Waals surface area contributed by atoms with Crippen molar-refractivity contribution in [2.75, 3.05) is 10.0 Å². The minimum atomic E-state index is 0. The molecule has 2 aromatic carbocycles. The second kappa shape index (κ2) is 5.53. The minimum Gasteiger partial charge on any atom is -0.492 e. The van der Waals surface area contributed by atoms with Crippen LogP contribution in [0.2, 0.25) is 5.02 Å². The van der Waals surface area contributed by atoms with Crippen molar-refractivity contribution in [3.63, 3.8) is 0 Å². The number of para-hydroxylation sites is 1. The summed E-state index contributed by atoms with van der Waals surface area (Å²) in [5.41, 5.74) is 8.43. The number of aliphatic hydroxyl groups is 1. The van der Waals surface area contributed by atoms with Crippen LogP contribution in [0.5, 0.6) is 0 Å². The van der Waals surface area contributed by atoms with E-state index in [0.717, 1.165) is 29.9 Å². The molecule has 0 aromatic heterocycles. The van der Waals surface area contributed by atoms with Gasteiger partial charge in [0, 0.05) is 5.02 Å². The van der Waals surface area contributed by atoms with Crippen LogP contribution in [0.15, 0.2) is 60.1 Å². The number of hydrogen-bond acceptors (Lipinski definition) is 3. The predicted molar refractivity (Wildman–Crippen MR) is 86.6 cm³/mol. The molecule has 6 heteroatoms. The zero-order valence-corrected chi connectivity index (χ0v) is 12.5. The summed E-state index contributed by atoms with van der Waals surface area (Å²) in [6.45, 7) is 0. The standard InChI is InChI=1S/C16H13ClN3O.H2O/c17-12-6-8-13(9-7-12)19-16(21)15-10-5-11-3-1-2-4-14(11)20(15)18-19;/h1-4,6-9,21H,5,10H2;1H2. The molecule has 0 saturated heterocycles. The number of aryl methyl sites for hydroxylation is 1. The number of halogens is 1. The summed E-state index contributed by atoms with van der Waals surface area (Å²) < 4.78 is 0. The Kier molecular flexibility index (Phi) is 3.70. The van der Waals surface area contributed by atoms with E-state index in [-0.39, 0.29) is 11.4 Å². The monoisotopic (exact) mass is 316 g/mol. The van der Waals surface area contributed by atoms with E-state index in [1.165, 1.54) is 5.56 Å². The molecular formula is C16H15ClN3O2. The lowest BCUT2D eigenvalue weighted by atomic mass is 10.0. The highest BCUT2D eigenvalue weighted by Gasteiger charge is 2.36. The van der Waals surface area contributed by atoms with Gasteiger partial charge in [0.15, 0.2) is 0 Å². The van der Waals surface area contributed by atoms with Gasteiger partial charge in [0.2, 0.25) is 5.88 Å². The summed E-state index contributed by atoms with van der Waals surface area (Å²) in [4.78, 5) is 0. The van der Waals surface area contributed by atoms with E-state index in [1.54, 1.807) is 17.1 Å². The second-order valence-electron chi connectivity index (χ2n) is 5.09. The Balaban J connectivity index is 0.00000144. The van der Waals surface area contributed by atoms with Gasteiger partial charge in [-0.25, -0.2) is 10.0 Å². The summed E-state index contributed by atoms with van der Waals surface area (Å²) in [6, 6.07) is 15.4. The molecule has 0 unspecified atom stereocenters. The Hall–Kier alpha value is -2.21. The molecular weight excluding hydrogens is 302 g/mol. The van der Waals surface area contributed by atoms with Gasteiger partial charge in [-0.2, -0.15) is 0 Å². The topological polar surface area (TPSA) is 72.3 Å². The molecule has 0 spiro atoms. The van der Waals surface area contributed by atoms with Gasteiger partial charge in [-0.1, -0.05) is 29.8 Å². The van der Waals surface area contributed by atoms with E-state index < -0.39 is 0 Å². The van der Waals surface area contributed by atoms with E-state index in [2.05, 4.69) is 11.6 Å².